The highest BCUT2D eigenvalue weighted by atomic mass is 16.6. The molecule has 1 N–H and O–H groups in total. The van der Waals surface area contributed by atoms with Crippen LogP contribution >= 0.6 is 0 Å². The molecule has 1 amide bonds. The number of likely N-dealkylation sites (tertiary alicyclic amines) is 1. The Morgan fingerprint density at radius 2 is 1.48 bits per heavy atom. The lowest BCUT2D eigenvalue weighted by molar-refractivity contribution is 0.00440. The largest absolute Gasteiger partial charge is 0.448 e. The molecule has 4 nitrogen and oxygen atoms in total. The van der Waals surface area contributed by atoms with Crippen LogP contribution in [0.2, 0.25) is 0 Å². The lowest BCUT2D eigenvalue weighted by Gasteiger charge is -2.42. The van der Waals surface area contributed by atoms with Crippen molar-refractivity contribution in [3.05, 3.63) is 59.7 Å². The average Bonchev–Trinajstić information content (AvgIpc) is 2.99. The van der Waals surface area contributed by atoms with Crippen molar-refractivity contribution in [1.82, 2.24) is 4.90 Å². The maximum atomic E-state index is 12.7. The number of rotatable bonds is 2. The summed E-state index contributed by atoms with van der Waals surface area (Å²) >= 11 is 0. The predicted molar refractivity (Wildman–Crippen MR) is 103 cm³/mol. The van der Waals surface area contributed by atoms with Gasteiger partial charge in [0.05, 0.1) is 6.10 Å². The summed E-state index contributed by atoms with van der Waals surface area (Å²) < 4.78 is 5.80. The number of hydrogen-bond acceptors (Lipinski definition) is 3. The molecule has 140 valence electrons. The van der Waals surface area contributed by atoms with Crippen molar-refractivity contribution in [2.24, 2.45) is 11.8 Å². The van der Waals surface area contributed by atoms with Crippen molar-refractivity contribution in [1.29, 1.82) is 0 Å². The normalized spacial score (nSPS) is 26.4. The van der Waals surface area contributed by atoms with Crippen LogP contribution in [0.5, 0.6) is 0 Å². The number of nitrogens with zero attached hydrogens (tertiary/aromatic N) is 1. The zero-order valence-corrected chi connectivity index (χ0v) is 15.4. The smallest absolute Gasteiger partial charge is 0.409 e. The van der Waals surface area contributed by atoms with E-state index < -0.39 is 0 Å². The van der Waals surface area contributed by atoms with E-state index in [1.54, 1.807) is 0 Å². The van der Waals surface area contributed by atoms with Crippen LogP contribution in [0.3, 0.4) is 0 Å². The van der Waals surface area contributed by atoms with E-state index in [-0.39, 0.29) is 18.1 Å². The van der Waals surface area contributed by atoms with E-state index in [0.29, 0.717) is 31.5 Å². The van der Waals surface area contributed by atoms with E-state index in [4.69, 9.17) is 4.74 Å². The molecule has 1 saturated carbocycles. The molecule has 2 unspecified atom stereocenters. The Morgan fingerprint density at radius 3 is 2.07 bits per heavy atom. The monoisotopic (exact) mass is 363 g/mol. The average molecular weight is 363 g/mol. The Balaban J connectivity index is 1.30. The molecule has 0 aromatic heterocycles. The van der Waals surface area contributed by atoms with Crippen molar-refractivity contribution in [2.45, 2.75) is 31.3 Å². The van der Waals surface area contributed by atoms with E-state index >= 15 is 0 Å². The molecule has 27 heavy (non-hydrogen) atoms. The minimum Gasteiger partial charge on any atom is -0.448 e. The first-order valence-corrected chi connectivity index (χ1v) is 9.97. The standard InChI is InChI=1S/C23H25NO3/c25-17-10-15-9-16(11-17)13-24(12-15)23(26)27-14-22-20-7-3-1-5-18(20)19-6-2-4-8-21(19)22/h1-8,15-17,22,25H,9-14H2. The van der Waals surface area contributed by atoms with Gasteiger partial charge in [-0.3, -0.25) is 0 Å². The molecule has 2 aliphatic carbocycles. The van der Waals surface area contributed by atoms with E-state index in [1.165, 1.54) is 22.3 Å². The zero-order chi connectivity index (χ0) is 18.4. The van der Waals surface area contributed by atoms with Gasteiger partial charge < -0.3 is 14.7 Å². The number of benzene rings is 2. The van der Waals surface area contributed by atoms with Gasteiger partial charge in [0.1, 0.15) is 6.61 Å². The molecule has 5 rings (SSSR count). The van der Waals surface area contributed by atoms with Crippen LogP contribution in [0.15, 0.2) is 48.5 Å². The molecule has 1 aliphatic heterocycles. The summed E-state index contributed by atoms with van der Waals surface area (Å²) in [5.41, 5.74) is 4.97. The summed E-state index contributed by atoms with van der Waals surface area (Å²) in [5, 5.41) is 9.94. The lowest BCUT2D eigenvalue weighted by Crippen LogP contribution is -2.48. The zero-order valence-electron chi connectivity index (χ0n) is 15.4. The third-order valence-corrected chi connectivity index (χ3v) is 6.43. The van der Waals surface area contributed by atoms with Gasteiger partial charge in [0, 0.05) is 19.0 Å². The topological polar surface area (TPSA) is 49.8 Å². The van der Waals surface area contributed by atoms with Crippen molar-refractivity contribution in [3.8, 4) is 11.1 Å². The molecule has 3 aliphatic rings. The number of fused-ring (bicyclic) bond motifs is 5. The maximum Gasteiger partial charge on any atom is 0.409 e. The van der Waals surface area contributed by atoms with Crippen LogP contribution in [0.1, 0.15) is 36.3 Å². The summed E-state index contributed by atoms with van der Waals surface area (Å²) in [6.45, 7) is 1.80. The minimum atomic E-state index is -0.206. The number of aliphatic hydroxyl groups is 1. The van der Waals surface area contributed by atoms with Crippen molar-refractivity contribution in [2.75, 3.05) is 19.7 Å². The quantitative estimate of drug-likeness (QED) is 0.876. The molecule has 0 radical (unpaired) electrons. The highest BCUT2D eigenvalue weighted by molar-refractivity contribution is 5.79. The summed E-state index contributed by atoms with van der Waals surface area (Å²) in [4.78, 5) is 14.6. The fraction of sp³-hybridized carbons (Fsp3) is 0.435. The lowest BCUT2D eigenvalue weighted by atomic mass is 9.76. The van der Waals surface area contributed by atoms with Gasteiger partial charge in [0.25, 0.3) is 0 Å². The number of aliphatic hydroxyl groups excluding tert-OH is 1. The van der Waals surface area contributed by atoms with E-state index in [1.807, 2.05) is 4.90 Å². The second kappa shape index (κ2) is 6.68. The van der Waals surface area contributed by atoms with Gasteiger partial charge in [0.2, 0.25) is 0 Å². The molecule has 4 heteroatoms. The van der Waals surface area contributed by atoms with Crippen LogP contribution in [0.4, 0.5) is 4.79 Å². The minimum absolute atomic E-state index is 0.104. The van der Waals surface area contributed by atoms with Gasteiger partial charge in [-0.2, -0.15) is 0 Å². The number of piperidine rings is 1. The molecule has 0 spiro atoms. The molecular weight excluding hydrogens is 338 g/mol. The maximum absolute atomic E-state index is 12.7. The van der Waals surface area contributed by atoms with Crippen LogP contribution in [0, 0.1) is 11.8 Å². The Bertz CT molecular complexity index is 801. The number of ether oxygens (including phenoxy) is 1. The summed E-state index contributed by atoms with van der Waals surface area (Å²) in [7, 11) is 0. The third kappa shape index (κ3) is 3.02. The van der Waals surface area contributed by atoms with Crippen molar-refractivity contribution in [3.63, 3.8) is 0 Å². The van der Waals surface area contributed by atoms with Gasteiger partial charge >= 0.3 is 6.09 Å². The van der Waals surface area contributed by atoms with Gasteiger partial charge in [-0.25, -0.2) is 4.79 Å². The first-order chi connectivity index (χ1) is 13.2. The number of amides is 1. The molecule has 2 aromatic carbocycles. The predicted octanol–water partition coefficient (Wildman–Crippen LogP) is 4.03. The third-order valence-electron chi connectivity index (χ3n) is 6.43. The Kier molecular flexibility index (Phi) is 4.16. The Labute approximate surface area is 159 Å². The van der Waals surface area contributed by atoms with E-state index in [9.17, 15) is 9.90 Å². The molecule has 2 fully saturated rings. The van der Waals surface area contributed by atoms with Gasteiger partial charge in [-0.05, 0) is 53.4 Å². The highest BCUT2D eigenvalue weighted by Crippen LogP contribution is 2.44. The fourth-order valence-electron chi connectivity index (χ4n) is 5.36. The van der Waals surface area contributed by atoms with Crippen LogP contribution < -0.4 is 0 Å². The van der Waals surface area contributed by atoms with Gasteiger partial charge in [-0.1, -0.05) is 48.5 Å². The number of carbonyl (C=O) groups excluding carboxylic acids is 1. The van der Waals surface area contributed by atoms with Crippen LogP contribution in [-0.2, 0) is 4.74 Å². The highest BCUT2D eigenvalue weighted by Gasteiger charge is 2.37. The molecule has 2 aromatic rings. The first kappa shape index (κ1) is 16.8. The van der Waals surface area contributed by atoms with Crippen LogP contribution in [0.25, 0.3) is 11.1 Å². The SMILES string of the molecule is O=C(OCC1c2ccccc2-c2ccccc21)N1CC2CC(O)CC(C2)C1. The van der Waals surface area contributed by atoms with Gasteiger partial charge in [0.15, 0.2) is 0 Å². The molecular formula is C23H25NO3. The molecule has 2 atom stereocenters. The molecule has 1 saturated heterocycles. The second-order valence-corrected chi connectivity index (χ2v) is 8.30. The van der Waals surface area contributed by atoms with E-state index in [0.717, 1.165) is 19.3 Å². The molecule has 1 heterocycles. The number of carbonyl (C=O) groups is 1. The number of hydrogen-bond donors (Lipinski definition) is 1. The van der Waals surface area contributed by atoms with Crippen LogP contribution in [-0.4, -0.2) is 41.9 Å². The summed E-state index contributed by atoms with van der Waals surface area (Å²) in [6, 6.07) is 16.8. The Hall–Kier alpha value is -2.33. The fourth-order valence-corrected chi connectivity index (χ4v) is 5.36. The second-order valence-electron chi connectivity index (χ2n) is 8.30. The summed E-state index contributed by atoms with van der Waals surface area (Å²) in [5.74, 6) is 0.924. The van der Waals surface area contributed by atoms with Crippen molar-refractivity contribution >= 4 is 6.09 Å². The van der Waals surface area contributed by atoms with Crippen molar-refractivity contribution < 1.29 is 14.6 Å². The Morgan fingerprint density at radius 1 is 0.926 bits per heavy atom. The summed E-state index contributed by atoms with van der Waals surface area (Å²) in [6.07, 6.45) is 2.35. The van der Waals surface area contributed by atoms with Gasteiger partial charge in [-0.15, -0.1) is 0 Å². The first-order valence-electron chi connectivity index (χ1n) is 9.97. The molecule has 2 bridgehead atoms. The van der Waals surface area contributed by atoms with E-state index in [2.05, 4.69) is 48.5 Å².